The first-order valence-electron chi connectivity index (χ1n) is 6.36. The van der Waals surface area contributed by atoms with Crippen molar-refractivity contribution in [2.24, 2.45) is 0 Å². The van der Waals surface area contributed by atoms with Crippen molar-refractivity contribution >= 4 is 0 Å². The molecule has 0 bridgehead atoms. The lowest BCUT2D eigenvalue weighted by atomic mass is 10.1. The topological polar surface area (TPSA) is 39.7 Å². The van der Waals surface area contributed by atoms with Crippen LogP contribution < -0.4 is 10.1 Å². The minimum atomic E-state index is -0.291. The SMILES string of the molecule is CCNC(COCCOC)c1ccc(OC)cc1F. The highest BCUT2D eigenvalue weighted by atomic mass is 19.1. The number of halogens is 1. The van der Waals surface area contributed by atoms with Gasteiger partial charge in [0.05, 0.1) is 33.0 Å². The molecule has 19 heavy (non-hydrogen) atoms. The molecular weight excluding hydrogens is 249 g/mol. The van der Waals surface area contributed by atoms with Gasteiger partial charge in [-0.3, -0.25) is 0 Å². The molecule has 0 saturated heterocycles. The van der Waals surface area contributed by atoms with Crippen LogP contribution in [-0.4, -0.2) is 40.6 Å². The molecule has 0 aliphatic rings. The van der Waals surface area contributed by atoms with E-state index in [1.165, 1.54) is 13.2 Å². The fraction of sp³-hybridized carbons (Fsp3) is 0.571. The van der Waals surface area contributed by atoms with E-state index < -0.39 is 0 Å². The molecule has 108 valence electrons. The van der Waals surface area contributed by atoms with Crippen LogP contribution in [0.15, 0.2) is 18.2 Å². The van der Waals surface area contributed by atoms with E-state index in [1.54, 1.807) is 19.2 Å². The third kappa shape index (κ3) is 5.14. The maximum atomic E-state index is 14.0. The molecule has 0 saturated carbocycles. The van der Waals surface area contributed by atoms with Gasteiger partial charge in [0.1, 0.15) is 11.6 Å². The summed E-state index contributed by atoms with van der Waals surface area (Å²) in [5.41, 5.74) is 0.583. The van der Waals surface area contributed by atoms with Crippen molar-refractivity contribution in [2.75, 3.05) is 40.6 Å². The number of hydrogen-bond acceptors (Lipinski definition) is 4. The molecule has 0 radical (unpaired) electrons. The van der Waals surface area contributed by atoms with Crippen molar-refractivity contribution in [1.29, 1.82) is 0 Å². The Morgan fingerprint density at radius 1 is 1.26 bits per heavy atom. The zero-order chi connectivity index (χ0) is 14.1. The molecule has 1 unspecified atom stereocenters. The first-order valence-corrected chi connectivity index (χ1v) is 6.36. The van der Waals surface area contributed by atoms with Gasteiger partial charge >= 0.3 is 0 Å². The highest BCUT2D eigenvalue weighted by Gasteiger charge is 2.15. The lowest BCUT2D eigenvalue weighted by Crippen LogP contribution is -2.26. The van der Waals surface area contributed by atoms with Gasteiger partial charge in [0.25, 0.3) is 0 Å². The quantitative estimate of drug-likeness (QED) is 0.699. The van der Waals surface area contributed by atoms with E-state index >= 15 is 0 Å². The summed E-state index contributed by atoms with van der Waals surface area (Å²) < 4.78 is 29.4. The van der Waals surface area contributed by atoms with Gasteiger partial charge in [0.15, 0.2) is 0 Å². The molecule has 1 aromatic rings. The average Bonchev–Trinajstić information content (AvgIpc) is 2.42. The first-order chi connectivity index (χ1) is 9.22. The van der Waals surface area contributed by atoms with Crippen molar-refractivity contribution in [3.63, 3.8) is 0 Å². The highest BCUT2D eigenvalue weighted by molar-refractivity contribution is 5.30. The molecule has 1 rings (SSSR count). The minimum absolute atomic E-state index is 0.173. The van der Waals surface area contributed by atoms with E-state index in [9.17, 15) is 4.39 Å². The molecule has 0 amide bonds. The molecule has 1 aromatic carbocycles. The Bertz CT molecular complexity index is 374. The molecule has 4 nitrogen and oxygen atoms in total. The maximum absolute atomic E-state index is 14.0. The van der Waals surface area contributed by atoms with Crippen molar-refractivity contribution in [1.82, 2.24) is 5.32 Å². The second-order valence-electron chi connectivity index (χ2n) is 4.07. The zero-order valence-electron chi connectivity index (χ0n) is 11.7. The number of likely N-dealkylation sites (N-methyl/N-ethyl adjacent to an activating group) is 1. The lowest BCUT2D eigenvalue weighted by molar-refractivity contribution is 0.0583. The second-order valence-corrected chi connectivity index (χ2v) is 4.07. The van der Waals surface area contributed by atoms with Gasteiger partial charge in [-0.25, -0.2) is 4.39 Å². The molecule has 1 atom stereocenters. The van der Waals surface area contributed by atoms with Gasteiger partial charge in [0, 0.05) is 18.7 Å². The van der Waals surface area contributed by atoms with Crippen LogP contribution in [0.25, 0.3) is 0 Å². The Morgan fingerprint density at radius 3 is 2.63 bits per heavy atom. The van der Waals surface area contributed by atoms with Crippen molar-refractivity contribution in [2.45, 2.75) is 13.0 Å². The number of rotatable bonds is 9. The van der Waals surface area contributed by atoms with Gasteiger partial charge < -0.3 is 19.5 Å². The van der Waals surface area contributed by atoms with Crippen LogP contribution in [0, 0.1) is 5.82 Å². The summed E-state index contributed by atoms with van der Waals surface area (Å²) in [6.07, 6.45) is 0. The Balaban J connectivity index is 2.69. The average molecular weight is 271 g/mol. The number of hydrogen-bond donors (Lipinski definition) is 1. The summed E-state index contributed by atoms with van der Waals surface area (Å²) >= 11 is 0. The van der Waals surface area contributed by atoms with Crippen LogP contribution in [0.5, 0.6) is 5.75 Å². The zero-order valence-corrected chi connectivity index (χ0v) is 11.7. The van der Waals surface area contributed by atoms with Crippen molar-refractivity contribution in [3.05, 3.63) is 29.6 Å². The van der Waals surface area contributed by atoms with Crippen LogP contribution in [0.2, 0.25) is 0 Å². The molecule has 5 heteroatoms. The van der Waals surface area contributed by atoms with Crippen LogP contribution in [0.4, 0.5) is 4.39 Å². The number of nitrogens with one attached hydrogen (secondary N) is 1. The van der Waals surface area contributed by atoms with Crippen LogP contribution in [0.3, 0.4) is 0 Å². The van der Waals surface area contributed by atoms with E-state index in [0.29, 0.717) is 31.1 Å². The van der Waals surface area contributed by atoms with E-state index in [2.05, 4.69) is 5.32 Å². The standard InChI is InChI=1S/C14H22FNO3/c1-4-16-14(10-19-8-7-17-2)12-6-5-11(18-3)9-13(12)15/h5-6,9,14,16H,4,7-8,10H2,1-3H3. The van der Waals surface area contributed by atoms with Gasteiger partial charge in [-0.05, 0) is 12.6 Å². The van der Waals surface area contributed by atoms with Crippen LogP contribution in [0.1, 0.15) is 18.5 Å². The third-order valence-electron chi connectivity index (χ3n) is 2.75. The van der Waals surface area contributed by atoms with E-state index in [0.717, 1.165) is 6.54 Å². The van der Waals surface area contributed by atoms with E-state index in [4.69, 9.17) is 14.2 Å². The largest absolute Gasteiger partial charge is 0.497 e. The second kappa shape index (κ2) is 8.85. The maximum Gasteiger partial charge on any atom is 0.131 e. The minimum Gasteiger partial charge on any atom is -0.497 e. The first kappa shape index (κ1) is 15.9. The lowest BCUT2D eigenvalue weighted by Gasteiger charge is -2.19. The summed E-state index contributed by atoms with van der Waals surface area (Å²) in [6, 6.07) is 4.68. The third-order valence-corrected chi connectivity index (χ3v) is 2.75. The molecule has 0 fully saturated rings. The smallest absolute Gasteiger partial charge is 0.131 e. The van der Waals surface area contributed by atoms with Crippen LogP contribution in [-0.2, 0) is 9.47 Å². The molecule has 0 aliphatic carbocycles. The normalized spacial score (nSPS) is 12.4. The summed E-state index contributed by atoms with van der Waals surface area (Å²) in [5, 5.41) is 3.21. The number of methoxy groups -OCH3 is 2. The molecule has 0 aliphatic heterocycles. The van der Waals surface area contributed by atoms with Crippen molar-refractivity contribution in [3.8, 4) is 5.75 Å². The van der Waals surface area contributed by atoms with Crippen LogP contribution >= 0.6 is 0 Å². The Labute approximate surface area is 113 Å². The Hall–Kier alpha value is -1.17. The number of benzene rings is 1. The Kier molecular flexibility index (Phi) is 7.40. The predicted octanol–water partition coefficient (Wildman–Crippen LogP) is 2.15. The fourth-order valence-electron chi connectivity index (χ4n) is 1.77. The molecule has 0 aromatic heterocycles. The summed E-state index contributed by atoms with van der Waals surface area (Å²) in [5.74, 6) is 0.220. The van der Waals surface area contributed by atoms with E-state index in [1.807, 2.05) is 6.92 Å². The predicted molar refractivity (Wildman–Crippen MR) is 72.1 cm³/mol. The van der Waals surface area contributed by atoms with Gasteiger partial charge in [-0.15, -0.1) is 0 Å². The molecule has 0 spiro atoms. The van der Waals surface area contributed by atoms with E-state index in [-0.39, 0.29) is 11.9 Å². The van der Waals surface area contributed by atoms with Crippen molar-refractivity contribution < 1.29 is 18.6 Å². The number of ether oxygens (including phenoxy) is 3. The van der Waals surface area contributed by atoms with Gasteiger partial charge in [0.2, 0.25) is 0 Å². The summed E-state index contributed by atoms with van der Waals surface area (Å²) in [4.78, 5) is 0. The highest BCUT2D eigenvalue weighted by Crippen LogP contribution is 2.22. The fourth-order valence-corrected chi connectivity index (χ4v) is 1.77. The monoisotopic (exact) mass is 271 g/mol. The summed E-state index contributed by atoms with van der Waals surface area (Å²) in [7, 11) is 3.14. The summed E-state index contributed by atoms with van der Waals surface area (Å²) in [6.45, 7) is 4.15. The molecule has 0 heterocycles. The van der Waals surface area contributed by atoms with Gasteiger partial charge in [-0.1, -0.05) is 13.0 Å². The van der Waals surface area contributed by atoms with Gasteiger partial charge in [-0.2, -0.15) is 0 Å². The molecular formula is C14H22FNO3. The Morgan fingerprint density at radius 2 is 2.05 bits per heavy atom. The molecule has 1 N–H and O–H groups in total.